The largest absolute Gasteiger partial charge is 0.472 e. The van der Waals surface area contributed by atoms with Crippen LogP contribution in [0, 0.1) is 11.8 Å². The fourth-order valence-electron chi connectivity index (χ4n) is 0.712. The smallest absolute Gasteiger partial charge is 0.382 e. The first-order valence-electron chi connectivity index (χ1n) is 3.29. The lowest BCUT2D eigenvalue weighted by Gasteiger charge is -1.94. The average Bonchev–Trinajstić information content (AvgIpc) is 2.02. The van der Waals surface area contributed by atoms with Gasteiger partial charge in [-0.05, 0) is 18.2 Å². The highest BCUT2D eigenvalue weighted by Crippen LogP contribution is 2.19. The van der Waals surface area contributed by atoms with Gasteiger partial charge in [0, 0.05) is 16.5 Å². The third-order valence-corrected chi connectivity index (χ3v) is 1.78. The molecule has 0 radical (unpaired) electrons. The Bertz CT molecular complexity index is 402. The Labute approximate surface area is 85.1 Å². The first-order valence-corrected chi connectivity index (χ1v) is 4.05. The molecule has 0 aliphatic rings. The molecule has 0 bridgehead atoms. The molecule has 0 fully saturated rings. The zero-order valence-electron chi connectivity index (χ0n) is 6.34. The zero-order chi connectivity index (χ0) is 9.84. The summed E-state index contributed by atoms with van der Waals surface area (Å²) in [6, 6.07) is 4.68. The molecule has 0 amide bonds. The Balaban J connectivity index is 3.05. The maximum Gasteiger partial charge on any atom is 0.382 e. The number of carboxylic acids is 1. The third-order valence-electron chi connectivity index (χ3n) is 1.24. The summed E-state index contributed by atoms with van der Waals surface area (Å²) in [6.07, 6.45) is 0. The molecular weight excluding hydrogens is 211 g/mol. The molecule has 1 aromatic rings. The molecule has 1 rings (SSSR count). The molecular formula is C9H4Cl2O2. The summed E-state index contributed by atoms with van der Waals surface area (Å²) < 4.78 is 0. The van der Waals surface area contributed by atoms with Crippen molar-refractivity contribution in [3.8, 4) is 11.8 Å². The van der Waals surface area contributed by atoms with Crippen LogP contribution in [0.15, 0.2) is 18.2 Å². The van der Waals surface area contributed by atoms with Gasteiger partial charge in [0.25, 0.3) is 0 Å². The van der Waals surface area contributed by atoms with E-state index in [1.165, 1.54) is 6.07 Å². The molecule has 1 aromatic carbocycles. The normalized spacial score (nSPS) is 8.77. The highest BCUT2D eigenvalue weighted by molar-refractivity contribution is 6.35. The molecule has 1 N–H and O–H groups in total. The Morgan fingerprint density at radius 3 is 2.62 bits per heavy atom. The summed E-state index contributed by atoms with van der Waals surface area (Å²) in [6.45, 7) is 0. The van der Waals surface area contributed by atoms with Gasteiger partial charge in [0.05, 0.1) is 5.02 Å². The molecule has 4 heteroatoms. The minimum absolute atomic E-state index is 0.348. The molecule has 0 saturated carbocycles. The van der Waals surface area contributed by atoms with E-state index in [0.29, 0.717) is 15.6 Å². The first-order chi connectivity index (χ1) is 6.09. The van der Waals surface area contributed by atoms with E-state index >= 15 is 0 Å². The van der Waals surface area contributed by atoms with Crippen LogP contribution >= 0.6 is 23.2 Å². The van der Waals surface area contributed by atoms with Crippen molar-refractivity contribution in [1.29, 1.82) is 0 Å². The topological polar surface area (TPSA) is 37.3 Å². The van der Waals surface area contributed by atoms with Crippen LogP contribution < -0.4 is 0 Å². The van der Waals surface area contributed by atoms with E-state index in [1.54, 1.807) is 12.1 Å². The van der Waals surface area contributed by atoms with Gasteiger partial charge in [-0.25, -0.2) is 4.79 Å². The van der Waals surface area contributed by atoms with Crippen LogP contribution in [0.4, 0.5) is 0 Å². The number of carbonyl (C=O) groups is 1. The predicted octanol–water partition coefficient (Wildman–Crippen LogP) is 2.43. The lowest BCUT2D eigenvalue weighted by atomic mass is 10.2. The molecule has 66 valence electrons. The maximum absolute atomic E-state index is 10.1. The molecule has 0 spiro atoms. The molecule has 0 aromatic heterocycles. The van der Waals surface area contributed by atoms with Crippen LogP contribution in [0.5, 0.6) is 0 Å². The van der Waals surface area contributed by atoms with Crippen LogP contribution in [0.2, 0.25) is 10.0 Å². The van der Waals surface area contributed by atoms with Gasteiger partial charge >= 0.3 is 5.97 Å². The summed E-state index contributed by atoms with van der Waals surface area (Å²) in [5.74, 6) is 3.17. The molecule has 0 atom stereocenters. The van der Waals surface area contributed by atoms with Crippen molar-refractivity contribution in [3.63, 3.8) is 0 Å². The number of hydrogen-bond donors (Lipinski definition) is 1. The Hall–Kier alpha value is -1.17. The second kappa shape index (κ2) is 4.18. The lowest BCUT2D eigenvalue weighted by Crippen LogP contribution is -1.87. The lowest BCUT2D eigenvalue weighted by molar-refractivity contribution is -0.130. The Morgan fingerprint density at radius 2 is 2.08 bits per heavy atom. The zero-order valence-corrected chi connectivity index (χ0v) is 7.86. The van der Waals surface area contributed by atoms with E-state index in [0.717, 1.165) is 0 Å². The van der Waals surface area contributed by atoms with Crippen LogP contribution in [0.3, 0.4) is 0 Å². The van der Waals surface area contributed by atoms with E-state index < -0.39 is 5.97 Å². The molecule has 0 aliphatic carbocycles. The van der Waals surface area contributed by atoms with Gasteiger partial charge in [-0.2, -0.15) is 0 Å². The van der Waals surface area contributed by atoms with Crippen LogP contribution in [-0.4, -0.2) is 11.1 Å². The summed E-state index contributed by atoms with van der Waals surface area (Å²) in [5, 5.41) is 9.12. The van der Waals surface area contributed by atoms with Crippen molar-refractivity contribution in [3.05, 3.63) is 33.8 Å². The van der Waals surface area contributed by atoms with Gasteiger partial charge in [0.2, 0.25) is 0 Å². The summed E-state index contributed by atoms with van der Waals surface area (Å²) >= 11 is 11.4. The maximum atomic E-state index is 10.1. The SMILES string of the molecule is O=C(O)C#Cc1ccc(Cl)cc1Cl. The quantitative estimate of drug-likeness (QED) is 0.674. The molecule has 0 aliphatic heterocycles. The van der Waals surface area contributed by atoms with Gasteiger partial charge in [0.15, 0.2) is 0 Å². The van der Waals surface area contributed by atoms with Gasteiger partial charge in [-0.3, -0.25) is 0 Å². The molecule has 13 heavy (non-hydrogen) atoms. The fourth-order valence-corrected chi connectivity index (χ4v) is 1.17. The number of halogens is 2. The monoisotopic (exact) mass is 214 g/mol. The minimum atomic E-state index is -1.19. The van der Waals surface area contributed by atoms with Crippen LogP contribution in [0.25, 0.3) is 0 Å². The van der Waals surface area contributed by atoms with Gasteiger partial charge in [-0.1, -0.05) is 29.1 Å². The van der Waals surface area contributed by atoms with Crippen molar-refractivity contribution < 1.29 is 9.90 Å². The third kappa shape index (κ3) is 2.98. The predicted molar refractivity (Wildman–Crippen MR) is 51.0 cm³/mol. The standard InChI is InChI=1S/C9H4Cl2O2/c10-7-3-1-6(8(11)5-7)2-4-9(12)13/h1,3,5H,(H,12,13). The van der Waals surface area contributed by atoms with Gasteiger partial charge in [0.1, 0.15) is 0 Å². The van der Waals surface area contributed by atoms with Crippen molar-refractivity contribution in [1.82, 2.24) is 0 Å². The highest BCUT2D eigenvalue weighted by Gasteiger charge is 1.97. The number of rotatable bonds is 0. The molecule has 0 unspecified atom stereocenters. The molecule has 2 nitrogen and oxygen atoms in total. The van der Waals surface area contributed by atoms with E-state index in [2.05, 4.69) is 5.92 Å². The Kier molecular flexibility index (Phi) is 3.18. The average molecular weight is 215 g/mol. The summed E-state index contributed by atoms with van der Waals surface area (Å²) in [7, 11) is 0. The van der Waals surface area contributed by atoms with E-state index in [4.69, 9.17) is 28.3 Å². The van der Waals surface area contributed by atoms with Crippen molar-refractivity contribution in [2.45, 2.75) is 0 Å². The van der Waals surface area contributed by atoms with Gasteiger partial charge in [-0.15, -0.1) is 0 Å². The number of hydrogen-bond acceptors (Lipinski definition) is 1. The minimum Gasteiger partial charge on any atom is -0.472 e. The Morgan fingerprint density at radius 1 is 1.38 bits per heavy atom. The first kappa shape index (κ1) is 9.91. The summed E-state index contributed by atoms with van der Waals surface area (Å²) in [4.78, 5) is 10.1. The number of benzene rings is 1. The summed E-state index contributed by atoms with van der Waals surface area (Å²) in [5.41, 5.74) is 0.452. The van der Waals surface area contributed by atoms with Crippen LogP contribution in [0.1, 0.15) is 5.56 Å². The van der Waals surface area contributed by atoms with E-state index in [1.807, 2.05) is 5.92 Å². The van der Waals surface area contributed by atoms with Crippen molar-refractivity contribution in [2.75, 3.05) is 0 Å². The van der Waals surface area contributed by atoms with Crippen molar-refractivity contribution >= 4 is 29.2 Å². The second-order valence-corrected chi connectivity index (χ2v) is 3.02. The molecule has 0 heterocycles. The number of aliphatic carboxylic acids is 1. The van der Waals surface area contributed by atoms with Crippen molar-refractivity contribution in [2.24, 2.45) is 0 Å². The highest BCUT2D eigenvalue weighted by atomic mass is 35.5. The van der Waals surface area contributed by atoms with Gasteiger partial charge < -0.3 is 5.11 Å². The number of carboxylic acid groups (broad SMARTS) is 1. The molecule has 0 saturated heterocycles. The van der Waals surface area contributed by atoms with E-state index in [-0.39, 0.29) is 0 Å². The van der Waals surface area contributed by atoms with Crippen LogP contribution in [-0.2, 0) is 4.79 Å². The fraction of sp³-hybridized carbons (Fsp3) is 0. The second-order valence-electron chi connectivity index (χ2n) is 2.18. The van der Waals surface area contributed by atoms with E-state index in [9.17, 15) is 4.79 Å².